The summed E-state index contributed by atoms with van der Waals surface area (Å²) in [6.45, 7) is 4.34. The Hall–Kier alpha value is -2.95. The number of halogens is 4. The molecule has 0 saturated heterocycles. The van der Waals surface area contributed by atoms with Crippen LogP contribution < -0.4 is 5.32 Å². The van der Waals surface area contributed by atoms with Crippen LogP contribution in [0.5, 0.6) is 0 Å². The van der Waals surface area contributed by atoms with E-state index >= 15 is 0 Å². The number of carbonyl (C=O) groups excluding carboxylic acids is 1. The monoisotopic (exact) mass is 509 g/mol. The van der Waals surface area contributed by atoms with Crippen molar-refractivity contribution in [1.29, 1.82) is 0 Å². The molecular weight excluding hydrogens is 483 g/mol. The first-order valence-electron chi connectivity index (χ1n) is 10.9. The van der Waals surface area contributed by atoms with E-state index in [4.69, 9.17) is 16.3 Å². The van der Waals surface area contributed by atoms with Crippen molar-refractivity contribution >= 4 is 23.4 Å². The molecule has 0 unspecified atom stereocenters. The number of nitrogens with zero attached hydrogens (tertiary/aromatic N) is 4. The van der Waals surface area contributed by atoms with Crippen molar-refractivity contribution < 1.29 is 22.7 Å². The number of rotatable bonds is 9. The van der Waals surface area contributed by atoms with Crippen LogP contribution in [0.3, 0.4) is 0 Å². The van der Waals surface area contributed by atoms with Crippen LogP contribution in [0, 0.1) is 17.5 Å². The second-order valence-electron chi connectivity index (χ2n) is 8.21. The number of hydrogen-bond acceptors (Lipinski definition) is 7. The van der Waals surface area contributed by atoms with Gasteiger partial charge in [0.1, 0.15) is 23.4 Å². The van der Waals surface area contributed by atoms with Crippen LogP contribution in [0.15, 0.2) is 46.7 Å². The van der Waals surface area contributed by atoms with Crippen molar-refractivity contribution in [3.05, 3.63) is 75.5 Å². The highest BCUT2D eigenvalue weighted by Gasteiger charge is 2.34. The smallest absolute Gasteiger partial charge is 0.338 e. The van der Waals surface area contributed by atoms with Crippen molar-refractivity contribution in [3.63, 3.8) is 0 Å². The number of benzene rings is 1. The minimum absolute atomic E-state index is 0.0146. The summed E-state index contributed by atoms with van der Waals surface area (Å²) >= 11 is 6.33. The van der Waals surface area contributed by atoms with Gasteiger partial charge in [-0.25, -0.2) is 22.9 Å². The minimum atomic E-state index is -1.04. The Morgan fingerprint density at radius 2 is 1.91 bits per heavy atom. The number of nitrogens with one attached hydrogen (secondary N) is 1. The highest BCUT2D eigenvalue weighted by Crippen LogP contribution is 2.36. The molecule has 1 aliphatic rings. The first kappa shape index (κ1) is 26.7. The van der Waals surface area contributed by atoms with Gasteiger partial charge in [0, 0.05) is 42.0 Å². The predicted octanol–water partition coefficient (Wildman–Crippen LogP) is 3.55. The van der Waals surface area contributed by atoms with E-state index < -0.39 is 29.5 Å². The molecule has 0 radical (unpaired) electrons. The maximum absolute atomic E-state index is 14.7. The minimum Gasteiger partial charge on any atom is -0.466 e. The maximum Gasteiger partial charge on any atom is 0.338 e. The summed E-state index contributed by atoms with van der Waals surface area (Å²) in [4.78, 5) is 25.4. The normalized spacial score (nSPS) is 15.9. The van der Waals surface area contributed by atoms with E-state index in [-0.39, 0.29) is 28.7 Å². The highest BCUT2D eigenvalue weighted by atomic mass is 35.5. The van der Waals surface area contributed by atoms with Gasteiger partial charge in [-0.2, -0.15) is 0 Å². The lowest BCUT2D eigenvalue weighted by Gasteiger charge is -2.31. The van der Waals surface area contributed by atoms with Gasteiger partial charge in [0.05, 0.1) is 18.9 Å². The number of amidine groups is 1. The zero-order chi connectivity index (χ0) is 25.7. The molecule has 1 aromatic heterocycles. The molecule has 3 rings (SSSR count). The molecule has 11 heteroatoms. The quantitative estimate of drug-likeness (QED) is 0.521. The SMILES string of the molecule is CCN(CCN(C)C)CC1=C(C(=O)OC)[C@H](c2ccc(F)cc2Cl)N=C(c2ncc(F)cc2F)N1. The summed E-state index contributed by atoms with van der Waals surface area (Å²) in [5.41, 5.74) is 0.644. The van der Waals surface area contributed by atoms with Gasteiger partial charge in [-0.05, 0) is 32.8 Å². The number of hydrogen-bond donors (Lipinski definition) is 1. The molecular formula is C24H27ClF3N5O2. The number of methoxy groups -OCH3 is 1. The van der Waals surface area contributed by atoms with Gasteiger partial charge in [-0.1, -0.05) is 24.6 Å². The fourth-order valence-electron chi connectivity index (χ4n) is 3.64. The number of pyridine rings is 1. The van der Waals surface area contributed by atoms with Crippen molar-refractivity contribution in [2.75, 3.05) is 47.4 Å². The van der Waals surface area contributed by atoms with E-state index in [1.807, 2.05) is 25.9 Å². The van der Waals surface area contributed by atoms with E-state index in [2.05, 4.69) is 20.2 Å². The molecule has 7 nitrogen and oxygen atoms in total. The zero-order valence-corrected chi connectivity index (χ0v) is 20.7. The molecule has 0 amide bonds. The molecule has 2 heterocycles. The van der Waals surface area contributed by atoms with Crippen molar-refractivity contribution in [3.8, 4) is 0 Å². The summed E-state index contributed by atoms with van der Waals surface area (Å²) < 4.78 is 47.0. The summed E-state index contributed by atoms with van der Waals surface area (Å²) in [5.74, 6) is -3.02. The first-order valence-corrected chi connectivity index (χ1v) is 11.3. The molecule has 1 aromatic carbocycles. The van der Waals surface area contributed by atoms with E-state index in [0.29, 0.717) is 30.4 Å². The predicted molar refractivity (Wildman–Crippen MR) is 128 cm³/mol. The number of carbonyl (C=O) groups is 1. The van der Waals surface area contributed by atoms with Crippen LogP contribution in [0.4, 0.5) is 13.2 Å². The number of aromatic nitrogens is 1. The van der Waals surface area contributed by atoms with Crippen molar-refractivity contribution in [2.24, 2.45) is 4.99 Å². The summed E-state index contributed by atoms with van der Waals surface area (Å²) in [5, 5.41) is 3.05. The second-order valence-corrected chi connectivity index (χ2v) is 8.62. The van der Waals surface area contributed by atoms with Gasteiger partial charge in [0.15, 0.2) is 11.7 Å². The van der Waals surface area contributed by atoms with Gasteiger partial charge in [-0.15, -0.1) is 0 Å². The Morgan fingerprint density at radius 3 is 2.51 bits per heavy atom. The number of esters is 1. The second kappa shape index (κ2) is 11.7. The molecule has 188 valence electrons. The molecule has 1 atom stereocenters. The molecule has 0 aliphatic carbocycles. The fraction of sp³-hybridized carbons (Fsp3) is 0.375. The maximum atomic E-state index is 14.7. The van der Waals surface area contributed by atoms with Crippen LogP contribution in [-0.2, 0) is 9.53 Å². The number of ether oxygens (including phenoxy) is 1. The Morgan fingerprint density at radius 1 is 1.17 bits per heavy atom. The van der Waals surface area contributed by atoms with E-state index in [1.165, 1.54) is 19.2 Å². The van der Waals surface area contributed by atoms with Crippen LogP contribution >= 0.6 is 11.6 Å². The van der Waals surface area contributed by atoms with Crippen LogP contribution in [-0.4, -0.2) is 74.0 Å². The van der Waals surface area contributed by atoms with E-state index in [0.717, 1.165) is 18.8 Å². The van der Waals surface area contributed by atoms with Crippen LogP contribution in [0.25, 0.3) is 0 Å². The Labute approximate surface area is 207 Å². The van der Waals surface area contributed by atoms with Gasteiger partial charge in [-0.3, -0.25) is 9.89 Å². The van der Waals surface area contributed by atoms with Gasteiger partial charge in [0.25, 0.3) is 0 Å². The number of aliphatic imine (C=N–C) groups is 1. The summed E-state index contributed by atoms with van der Waals surface area (Å²) in [7, 11) is 5.14. The molecule has 35 heavy (non-hydrogen) atoms. The Kier molecular flexibility index (Phi) is 8.87. The van der Waals surface area contributed by atoms with E-state index in [1.54, 1.807) is 0 Å². The third kappa shape index (κ3) is 6.39. The van der Waals surface area contributed by atoms with Gasteiger partial charge >= 0.3 is 5.97 Å². The largest absolute Gasteiger partial charge is 0.466 e. The summed E-state index contributed by atoms with van der Waals surface area (Å²) in [6.07, 6.45) is 0.872. The summed E-state index contributed by atoms with van der Waals surface area (Å²) in [6, 6.07) is 3.36. The molecule has 2 aromatic rings. The highest BCUT2D eigenvalue weighted by molar-refractivity contribution is 6.31. The lowest BCUT2D eigenvalue weighted by Crippen LogP contribution is -2.41. The fourth-order valence-corrected chi connectivity index (χ4v) is 3.91. The van der Waals surface area contributed by atoms with E-state index in [9.17, 15) is 18.0 Å². The first-order chi connectivity index (χ1) is 16.6. The lowest BCUT2D eigenvalue weighted by molar-refractivity contribution is -0.136. The molecule has 0 spiro atoms. The van der Waals surface area contributed by atoms with Crippen molar-refractivity contribution in [2.45, 2.75) is 13.0 Å². The van der Waals surface area contributed by atoms with Gasteiger partial charge in [0.2, 0.25) is 0 Å². The average molecular weight is 510 g/mol. The molecule has 0 bridgehead atoms. The third-order valence-electron chi connectivity index (χ3n) is 5.51. The number of likely N-dealkylation sites (N-methyl/N-ethyl adjacent to an activating group) is 2. The molecule has 0 saturated carbocycles. The Balaban J connectivity index is 2.16. The Bertz CT molecular complexity index is 1160. The third-order valence-corrected chi connectivity index (χ3v) is 5.84. The van der Waals surface area contributed by atoms with Crippen LogP contribution in [0.2, 0.25) is 5.02 Å². The molecule has 1 N–H and O–H groups in total. The molecule has 0 fully saturated rings. The van der Waals surface area contributed by atoms with Gasteiger partial charge < -0.3 is 15.0 Å². The average Bonchev–Trinajstić information content (AvgIpc) is 2.80. The lowest BCUT2D eigenvalue weighted by atomic mass is 9.94. The topological polar surface area (TPSA) is 70.1 Å². The standard InChI is InChI=1S/C24H27ClF3N5O2/c1-5-33(9-8-32(2)3)13-19-20(24(34)35-4)21(16-7-6-14(26)10-17(16)25)31-23(30-19)22-18(28)11-15(27)12-29-22/h6-7,10-12,21H,5,8-9,13H2,1-4H3,(H,30,31)/t21-/m0/s1. The van der Waals surface area contributed by atoms with Crippen LogP contribution in [0.1, 0.15) is 24.2 Å². The van der Waals surface area contributed by atoms with Crippen molar-refractivity contribution in [1.82, 2.24) is 20.1 Å². The zero-order valence-electron chi connectivity index (χ0n) is 19.9. The molecule has 1 aliphatic heterocycles.